The summed E-state index contributed by atoms with van der Waals surface area (Å²) in [6.07, 6.45) is 2.17. The number of carbonyl (C=O) groups excluding carboxylic acids is 1. The summed E-state index contributed by atoms with van der Waals surface area (Å²) in [7, 11) is 0. The minimum absolute atomic E-state index is 0.00898. The zero-order valence-corrected chi connectivity index (χ0v) is 15.9. The van der Waals surface area contributed by atoms with E-state index in [0.29, 0.717) is 18.8 Å². The molecule has 0 atom stereocenters. The first-order valence-electron chi connectivity index (χ1n) is 8.48. The van der Waals surface area contributed by atoms with Crippen molar-refractivity contribution in [2.45, 2.75) is 24.8 Å². The molecule has 1 aliphatic carbocycles. The minimum Gasteiger partial charge on any atom is -0.479 e. The monoisotopic (exact) mass is 413 g/mol. The number of hydrogen-bond acceptors (Lipinski definition) is 3. The number of rotatable bonds is 7. The Morgan fingerprint density at radius 3 is 2.73 bits per heavy atom. The van der Waals surface area contributed by atoms with Crippen LogP contribution in [-0.4, -0.2) is 19.2 Å². The van der Waals surface area contributed by atoms with Crippen LogP contribution in [0.3, 0.4) is 0 Å². The molecule has 0 aliphatic heterocycles. The minimum atomic E-state index is -0.186. The number of hydrogen-bond donors (Lipinski definition) is 2. The fourth-order valence-corrected chi connectivity index (χ4v) is 3.29. The smallest absolute Gasteiger partial charge is 0.315 e. The van der Waals surface area contributed by atoms with Crippen molar-refractivity contribution >= 4 is 22.0 Å². The predicted molar refractivity (Wildman–Crippen MR) is 103 cm³/mol. The number of amides is 2. The zero-order chi connectivity index (χ0) is 18.4. The van der Waals surface area contributed by atoms with E-state index in [1.165, 1.54) is 5.56 Å². The molecule has 2 aromatic carbocycles. The molecule has 26 heavy (non-hydrogen) atoms. The molecule has 6 heteroatoms. The largest absolute Gasteiger partial charge is 0.479 e. The van der Waals surface area contributed by atoms with E-state index < -0.39 is 0 Å². The number of benzene rings is 2. The molecule has 5 nitrogen and oxygen atoms in total. The molecule has 0 aromatic heterocycles. The Morgan fingerprint density at radius 1 is 1.19 bits per heavy atom. The van der Waals surface area contributed by atoms with E-state index in [1.807, 2.05) is 36.4 Å². The van der Waals surface area contributed by atoms with E-state index in [4.69, 9.17) is 10.00 Å². The second kappa shape index (κ2) is 8.24. The van der Waals surface area contributed by atoms with Crippen LogP contribution in [0.15, 0.2) is 53.0 Å². The van der Waals surface area contributed by atoms with Gasteiger partial charge in [-0.05, 0) is 48.2 Å². The topological polar surface area (TPSA) is 74.1 Å². The van der Waals surface area contributed by atoms with Crippen LogP contribution in [0.4, 0.5) is 4.79 Å². The highest BCUT2D eigenvalue weighted by Gasteiger charge is 2.44. The van der Waals surface area contributed by atoms with Gasteiger partial charge in [0, 0.05) is 23.0 Å². The lowest BCUT2D eigenvalue weighted by Gasteiger charge is -2.17. The third-order valence-electron chi connectivity index (χ3n) is 4.53. The van der Waals surface area contributed by atoms with Gasteiger partial charge in [0.2, 0.25) is 0 Å². The van der Waals surface area contributed by atoms with Gasteiger partial charge in [0.15, 0.2) is 6.61 Å². The summed E-state index contributed by atoms with van der Waals surface area (Å²) in [5, 5.41) is 14.4. The molecule has 0 unspecified atom stereocenters. The summed E-state index contributed by atoms with van der Waals surface area (Å²) in [5.74, 6) is 0.623. The van der Waals surface area contributed by atoms with E-state index in [0.717, 1.165) is 22.9 Å². The lowest BCUT2D eigenvalue weighted by molar-refractivity contribution is 0.239. The van der Waals surface area contributed by atoms with Gasteiger partial charge < -0.3 is 15.4 Å². The molecule has 1 fully saturated rings. The Bertz CT molecular complexity index is 828. The molecule has 2 N–H and O–H groups in total. The van der Waals surface area contributed by atoms with Crippen molar-refractivity contribution in [3.63, 3.8) is 0 Å². The maximum absolute atomic E-state index is 12.1. The fourth-order valence-electron chi connectivity index (χ4n) is 2.89. The SMILES string of the molecule is N#CCOc1cccc(CNC(=O)NCC2(c3cccc(Br)c3)CC2)c1. The highest BCUT2D eigenvalue weighted by atomic mass is 79.9. The van der Waals surface area contributed by atoms with Gasteiger partial charge in [-0.3, -0.25) is 0 Å². The van der Waals surface area contributed by atoms with E-state index in [2.05, 4.69) is 38.7 Å². The molecule has 0 bridgehead atoms. The van der Waals surface area contributed by atoms with Gasteiger partial charge in [-0.1, -0.05) is 40.2 Å². The Hall–Kier alpha value is -2.52. The van der Waals surface area contributed by atoms with Crippen molar-refractivity contribution < 1.29 is 9.53 Å². The number of ether oxygens (including phenoxy) is 1. The molecule has 0 heterocycles. The average Bonchev–Trinajstić information content (AvgIpc) is 3.45. The van der Waals surface area contributed by atoms with E-state index >= 15 is 0 Å². The summed E-state index contributed by atoms with van der Waals surface area (Å²) in [6, 6.07) is 17.4. The third-order valence-corrected chi connectivity index (χ3v) is 5.03. The lowest BCUT2D eigenvalue weighted by Crippen LogP contribution is -2.39. The highest BCUT2D eigenvalue weighted by Crippen LogP contribution is 2.48. The summed E-state index contributed by atoms with van der Waals surface area (Å²) in [6.45, 7) is 1.04. The van der Waals surface area contributed by atoms with Crippen molar-refractivity contribution in [2.24, 2.45) is 0 Å². The maximum Gasteiger partial charge on any atom is 0.315 e. The van der Waals surface area contributed by atoms with Crippen LogP contribution in [0.1, 0.15) is 24.0 Å². The average molecular weight is 414 g/mol. The van der Waals surface area contributed by atoms with Crippen LogP contribution in [-0.2, 0) is 12.0 Å². The van der Waals surface area contributed by atoms with Crippen molar-refractivity contribution in [1.29, 1.82) is 5.26 Å². The van der Waals surface area contributed by atoms with Crippen LogP contribution in [0, 0.1) is 11.3 Å². The van der Waals surface area contributed by atoms with E-state index in [9.17, 15) is 4.79 Å². The maximum atomic E-state index is 12.1. The van der Waals surface area contributed by atoms with Gasteiger partial charge in [0.1, 0.15) is 11.8 Å². The lowest BCUT2D eigenvalue weighted by atomic mass is 9.96. The van der Waals surface area contributed by atoms with Crippen LogP contribution < -0.4 is 15.4 Å². The molecule has 1 saturated carbocycles. The third kappa shape index (κ3) is 4.77. The zero-order valence-electron chi connectivity index (χ0n) is 14.3. The molecule has 3 rings (SSSR count). The second-order valence-corrected chi connectivity index (χ2v) is 7.34. The second-order valence-electron chi connectivity index (χ2n) is 6.42. The Morgan fingerprint density at radius 2 is 2.00 bits per heavy atom. The van der Waals surface area contributed by atoms with Crippen molar-refractivity contribution in [1.82, 2.24) is 10.6 Å². The molecular weight excluding hydrogens is 394 g/mol. The summed E-state index contributed by atoms with van der Waals surface area (Å²) >= 11 is 3.51. The molecule has 2 aromatic rings. The molecule has 2 amide bonds. The first-order chi connectivity index (χ1) is 12.6. The number of nitrogens with zero attached hydrogens (tertiary/aromatic N) is 1. The summed E-state index contributed by atoms with van der Waals surface area (Å²) < 4.78 is 6.33. The molecule has 134 valence electrons. The summed E-state index contributed by atoms with van der Waals surface area (Å²) in [4.78, 5) is 12.1. The van der Waals surface area contributed by atoms with E-state index in [-0.39, 0.29) is 18.1 Å². The molecule has 0 spiro atoms. The Kier molecular flexibility index (Phi) is 5.79. The highest BCUT2D eigenvalue weighted by molar-refractivity contribution is 9.10. The molecular formula is C20H20BrN3O2. The summed E-state index contributed by atoms with van der Waals surface area (Å²) in [5.41, 5.74) is 2.24. The molecule has 0 radical (unpaired) electrons. The van der Waals surface area contributed by atoms with Crippen LogP contribution in [0.25, 0.3) is 0 Å². The van der Waals surface area contributed by atoms with Gasteiger partial charge in [0.25, 0.3) is 0 Å². The van der Waals surface area contributed by atoms with Crippen molar-refractivity contribution in [3.05, 3.63) is 64.1 Å². The predicted octanol–water partition coefficient (Wildman–Crippen LogP) is 3.88. The number of nitrogens with one attached hydrogen (secondary N) is 2. The van der Waals surface area contributed by atoms with Gasteiger partial charge in [-0.15, -0.1) is 0 Å². The first-order valence-corrected chi connectivity index (χ1v) is 9.27. The number of halogens is 1. The number of nitriles is 1. The molecule has 1 aliphatic rings. The fraction of sp³-hybridized carbons (Fsp3) is 0.300. The Balaban J connectivity index is 1.48. The number of urea groups is 1. The standard InChI is InChI=1S/C20H20BrN3O2/c21-17-5-2-4-16(12-17)20(7-8-20)14-24-19(25)23-13-15-3-1-6-18(11-15)26-10-9-22/h1-6,11-12H,7-8,10,13-14H2,(H2,23,24,25). The molecule has 0 saturated heterocycles. The van der Waals surface area contributed by atoms with Gasteiger partial charge >= 0.3 is 6.03 Å². The van der Waals surface area contributed by atoms with E-state index in [1.54, 1.807) is 6.07 Å². The quantitative estimate of drug-likeness (QED) is 0.722. The van der Waals surface area contributed by atoms with Gasteiger partial charge in [-0.2, -0.15) is 5.26 Å². The first kappa shape index (κ1) is 18.3. The van der Waals surface area contributed by atoms with Crippen LogP contribution >= 0.6 is 15.9 Å². The van der Waals surface area contributed by atoms with Gasteiger partial charge in [-0.25, -0.2) is 4.79 Å². The Labute approximate surface area is 161 Å². The normalized spacial score (nSPS) is 14.2. The van der Waals surface area contributed by atoms with Crippen molar-refractivity contribution in [2.75, 3.05) is 13.2 Å². The van der Waals surface area contributed by atoms with Crippen LogP contribution in [0.2, 0.25) is 0 Å². The van der Waals surface area contributed by atoms with Crippen molar-refractivity contribution in [3.8, 4) is 11.8 Å². The number of carbonyl (C=O) groups is 1. The van der Waals surface area contributed by atoms with Crippen LogP contribution in [0.5, 0.6) is 5.75 Å². The van der Waals surface area contributed by atoms with Gasteiger partial charge in [0.05, 0.1) is 0 Å².